The van der Waals surface area contributed by atoms with Gasteiger partial charge in [0, 0.05) is 18.7 Å². The molecule has 4 rings (SSSR count). The minimum absolute atomic E-state index is 0.0258. The van der Waals surface area contributed by atoms with E-state index in [2.05, 4.69) is 20.5 Å². The van der Waals surface area contributed by atoms with E-state index >= 15 is 0 Å². The molecular weight excluding hydrogens is 458 g/mol. The van der Waals surface area contributed by atoms with Crippen LogP contribution in [0.5, 0.6) is 5.75 Å². The van der Waals surface area contributed by atoms with Crippen LogP contribution < -0.4 is 20.9 Å². The maximum Gasteiger partial charge on any atom is 0.418 e. The summed E-state index contributed by atoms with van der Waals surface area (Å²) in [6, 6.07) is 4.79. The summed E-state index contributed by atoms with van der Waals surface area (Å²) in [5.74, 6) is -0.486. The van der Waals surface area contributed by atoms with Gasteiger partial charge in [-0.3, -0.25) is 25.0 Å². The molecule has 1 aromatic carbocycles. The van der Waals surface area contributed by atoms with E-state index in [4.69, 9.17) is 9.29 Å². The van der Waals surface area contributed by atoms with E-state index in [9.17, 15) is 22.8 Å². The zero-order valence-electron chi connectivity index (χ0n) is 17.6. The van der Waals surface area contributed by atoms with Crippen LogP contribution in [0, 0.1) is 0 Å². The van der Waals surface area contributed by atoms with Crippen molar-refractivity contribution < 1.29 is 36.4 Å². The fourth-order valence-electron chi connectivity index (χ4n) is 4.21. The molecule has 3 aliphatic heterocycles. The Morgan fingerprint density at radius 2 is 1.97 bits per heavy atom. The summed E-state index contributed by atoms with van der Waals surface area (Å²) in [5, 5.41) is 3.77. The number of hydrogen-bond acceptors (Lipinski definition) is 8. The van der Waals surface area contributed by atoms with Gasteiger partial charge in [0.1, 0.15) is 17.9 Å². The normalized spacial score (nSPS) is 24.6. The van der Waals surface area contributed by atoms with E-state index in [1.54, 1.807) is 18.2 Å². The van der Waals surface area contributed by atoms with Gasteiger partial charge in [-0.25, -0.2) is 4.79 Å². The first-order valence-corrected chi connectivity index (χ1v) is 11.9. The maximum atomic E-state index is 12.6. The largest absolute Gasteiger partial charge is 0.489 e. The molecular formula is C19H25N5O8S. The fraction of sp³-hybridized carbons (Fsp3) is 0.526. The number of carbonyl (C=O) groups excluding carboxylic acids is 3. The number of para-hydroxylation sites is 1. The molecule has 0 radical (unpaired) electrons. The number of fused-ring (bicyclic) bond motifs is 2. The fourth-order valence-corrected chi connectivity index (χ4v) is 4.60. The molecule has 4 amide bonds. The summed E-state index contributed by atoms with van der Waals surface area (Å²) in [6.45, 7) is 1.67. The van der Waals surface area contributed by atoms with Crippen molar-refractivity contribution in [2.45, 2.75) is 43.9 Å². The molecule has 180 valence electrons. The van der Waals surface area contributed by atoms with Gasteiger partial charge in [0.05, 0.1) is 12.5 Å². The van der Waals surface area contributed by atoms with E-state index < -0.39 is 40.3 Å². The van der Waals surface area contributed by atoms with Gasteiger partial charge >= 0.3 is 16.4 Å². The van der Waals surface area contributed by atoms with Crippen molar-refractivity contribution in [3.63, 3.8) is 0 Å². The van der Waals surface area contributed by atoms with E-state index in [1.165, 1.54) is 0 Å². The van der Waals surface area contributed by atoms with Gasteiger partial charge in [0.15, 0.2) is 0 Å². The number of hydrazine groups is 1. The molecule has 0 saturated carbocycles. The van der Waals surface area contributed by atoms with Crippen LogP contribution in [0.1, 0.15) is 24.8 Å². The third-order valence-electron chi connectivity index (χ3n) is 5.76. The lowest BCUT2D eigenvalue weighted by Crippen LogP contribution is -2.54. The Morgan fingerprint density at radius 3 is 2.70 bits per heavy atom. The molecule has 33 heavy (non-hydrogen) atoms. The SMILES string of the molecule is O=C(Cc1ccccc1O[C@H]1CCNC1)NNC(=O)[C@@H]1CC[C@@H]2CN1C(=O)N2OS(=O)(=O)O. The number of piperidine rings is 1. The lowest BCUT2D eigenvalue weighted by atomic mass is 10.0. The van der Waals surface area contributed by atoms with Crippen molar-refractivity contribution in [1.29, 1.82) is 0 Å². The van der Waals surface area contributed by atoms with Crippen LogP contribution in [-0.2, 0) is 30.7 Å². The monoisotopic (exact) mass is 483 g/mol. The van der Waals surface area contributed by atoms with Crippen molar-refractivity contribution in [3.8, 4) is 5.75 Å². The van der Waals surface area contributed by atoms with Crippen LogP contribution in [0.25, 0.3) is 0 Å². The third kappa shape index (κ3) is 5.52. The van der Waals surface area contributed by atoms with Gasteiger partial charge in [-0.1, -0.05) is 18.2 Å². The summed E-state index contributed by atoms with van der Waals surface area (Å²) < 4.78 is 41.1. The van der Waals surface area contributed by atoms with Crippen molar-refractivity contribution in [1.82, 2.24) is 26.1 Å². The summed E-state index contributed by atoms with van der Waals surface area (Å²) >= 11 is 0. The van der Waals surface area contributed by atoms with Crippen LogP contribution in [0.15, 0.2) is 24.3 Å². The van der Waals surface area contributed by atoms with E-state index in [0.29, 0.717) is 16.4 Å². The number of nitrogens with zero attached hydrogens (tertiary/aromatic N) is 2. The maximum absolute atomic E-state index is 12.6. The molecule has 0 unspecified atom stereocenters. The predicted octanol–water partition coefficient (Wildman–Crippen LogP) is -0.880. The van der Waals surface area contributed by atoms with Crippen LogP contribution in [0.4, 0.5) is 4.79 Å². The Balaban J connectivity index is 1.31. The Hall–Kier alpha value is -2.94. The third-order valence-corrected chi connectivity index (χ3v) is 6.11. The first-order valence-electron chi connectivity index (χ1n) is 10.5. The number of urea groups is 1. The van der Waals surface area contributed by atoms with E-state index in [0.717, 1.165) is 24.4 Å². The second-order valence-corrected chi connectivity index (χ2v) is 9.07. The predicted molar refractivity (Wildman–Crippen MR) is 112 cm³/mol. The van der Waals surface area contributed by atoms with Crippen molar-refractivity contribution in [2.75, 3.05) is 19.6 Å². The van der Waals surface area contributed by atoms with Crippen LogP contribution in [0.2, 0.25) is 0 Å². The molecule has 13 nitrogen and oxygen atoms in total. The zero-order chi connectivity index (χ0) is 23.6. The first kappa shape index (κ1) is 23.2. The van der Waals surface area contributed by atoms with E-state index in [-0.39, 0.29) is 31.9 Å². The van der Waals surface area contributed by atoms with E-state index in [1.807, 2.05) is 6.07 Å². The second kappa shape index (κ2) is 9.51. The summed E-state index contributed by atoms with van der Waals surface area (Å²) in [4.78, 5) is 38.6. The number of nitrogens with one attached hydrogen (secondary N) is 3. The highest BCUT2D eigenvalue weighted by atomic mass is 32.3. The Labute approximate surface area is 190 Å². The van der Waals surface area contributed by atoms with Crippen LogP contribution in [0.3, 0.4) is 0 Å². The number of ether oxygens (including phenoxy) is 1. The highest BCUT2D eigenvalue weighted by molar-refractivity contribution is 7.80. The summed E-state index contributed by atoms with van der Waals surface area (Å²) in [6.07, 6.45) is 1.40. The van der Waals surface area contributed by atoms with Gasteiger partial charge in [-0.05, 0) is 31.9 Å². The van der Waals surface area contributed by atoms with Crippen LogP contribution in [-0.4, -0.2) is 78.6 Å². The Morgan fingerprint density at radius 1 is 1.18 bits per heavy atom. The van der Waals surface area contributed by atoms with Gasteiger partial charge in [-0.15, -0.1) is 4.28 Å². The van der Waals surface area contributed by atoms with Gasteiger partial charge in [0.25, 0.3) is 5.91 Å². The number of carbonyl (C=O) groups is 3. The number of amides is 4. The lowest BCUT2D eigenvalue weighted by molar-refractivity contribution is -0.131. The van der Waals surface area contributed by atoms with Gasteiger partial charge in [0.2, 0.25) is 5.91 Å². The highest BCUT2D eigenvalue weighted by Crippen LogP contribution is 2.30. The molecule has 3 atom stereocenters. The summed E-state index contributed by atoms with van der Waals surface area (Å²) in [7, 11) is -4.87. The smallest absolute Gasteiger partial charge is 0.418 e. The molecule has 1 aromatic rings. The molecule has 14 heteroatoms. The highest BCUT2D eigenvalue weighted by Gasteiger charge is 2.49. The van der Waals surface area contributed by atoms with Crippen molar-refractivity contribution in [2.24, 2.45) is 0 Å². The van der Waals surface area contributed by atoms with Gasteiger partial charge in [-0.2, -0.15) is 13.5 Å². The quantitative estimate of drug-likeness (QED) is 0.284. The molecule has 3 heterocycles. The molecule has 3 saturated heterocycles. The molecule has 0 aliphatic carbocycles. The van der Waals surface area contributed by atoms with Crippen molar-refractivity contribution in [3.05, 3.63) is 29.8 Å². The van der Waals surface area contributed by atoms with Crippen LogP contribution >= 0.6 is 0 Å². The summed E-state index contributed by atoms with van der Waals surface area (Å²) in [5.41, 5.74) is 5.34. The van der Waals surface area contributed by atoms with Crippen molar-refractivity contribution >= 4 is 28.2 Å². The zero-order valence-corrected chi connectivity index (χ0v) is 18.4. The first-order chi connectivity index (χ1) is 15.7. The Bertz CT molecular complexity index is 1030. The molecule has 3 aliphatic rings. The number of hydroxylamine groups is 2. The average molecular weight is 484 g/mol. The minimum Gasteiger partial charge on any atom is -0.489 e. The average Bonchev–Trinajstić information content (AvgIpc) is 3.36. The molecule has 0 spiro atoms. The number of benzene rings is 1. The standard InChI is InChI=1S/C19H25N5O8S/c25-17(9-12-3-1-2-4-16(12)31-14-7-8-20-10-14)21-22-18(26)15-6-5-13-11-23(15)19(27)24(13)32-33(28,29)30/h1-4,13-15,20H,5-11H2,(H,21,25)(H,22,26)(H,28,29,30)/t13-,14+,15+/m1/s1. The second-order valence-electron chi connectivity index (χ2n) is 8.06. The Kier molecular flexibility index (Phi) is 6.69. The number of rotatable bonds is 7. The molecule has 0 aromatic heterocycles. The minimum atomic E-state index is -4.87. The molecule has 3 fully saturated rings. The topological polar surface area (TPSA) is 167 Å². The molecule has 4 N–H and O–H groups in total. The number of hydrogen-bond donors (Lipinski definition) is 4. The van der Waals surface area contributed by atoms with Gasteiger partial charge < -0.3 is 15.0 Å². The lowest BCUT2D eigenvalue weighted by Gasteiger charge is -2.29. The molecule has 2 bridgehead atoms.